The van der Waals surface area contributed by atoms with Gasteiger partial charge in [0.1, 0.15) is 18.2 Å². The minimum atomic E-state index is -0.0212. The van der Waals surface area contributed by atoms with E-state index in [2.05, 4.69) is 30.6 Å². The summed E-state index contributed by atoms with van der Waals surface area (Å²) in [7, 11) is 3.49. The molecule has 2 aliphatic heterocycles. The van der Waals surface area contributed by atoms with Gasteiger partial charge in [-0.25, -0.2) is 14.7 Å². The summed E-state index contributed by atoms with van der Waals surface area (Å²) in [6.45, 7) is 7.97. The van der Waals surface area contributed by atoms with E-state index in [9.17, 15) is 4.79 Å². The lowest BCUT2D eigenvalue weighted by molar-refractivity contribution is -0.127. The topological polar surface area (TPSA) is 99.9 Å². The molecule has 1 unspecified atom stereocenters. The fourth-order valence-electron chi connectivity index (χ4n) is 3.34. The molecule has 10 heteroatoms. The molecule has 3 heterocycles. The van der Waals surface area contributed by atoms with Crippen molar-refractivity contribution < 1.29 is 9.53 Å². The highest BCUT2D eigenvalue weighted by Crippen LogP contribution is 2.12. The molecule has 28 heavy (non-hydrogen) atoms. The van der Waals surface area contributed by atoms with Crippen molar-refractivity contribution in [2.45, 2.75) is 32.4 Å². The molecule has 1 atom stereocenters. The summed E-state index contributed by atoms with van der Waals surface area (Å²) in [5.41, 5.74) is 0. The number of morpholine rings is 1. The molecule has 0 radical (unpaired) electrons. The van der Waals surface area contributed by atoms with Crippen LogP contribution in [0.1, 0.15) is 18.1 Å². The SMILES string of the molecule is Cc1nc2n(n1)CC(NC(=NCC(=O)N(C)C)NCCN1CCOCC1)CC2. The Morgan fingerprint density at radius 2 is 2.14 bits per heavy atom. The maximum absolute atomic E-state index is 11.9. The summed E-state index contributed by atoms with van der Waals surface area (Å²) in [5, 5.41) is 11.3. The second-order valence-corrected chi connectivity index (χ2v) is 7.47. The van der Waals surface area contributed by atoms with Gasteiger partial charge in [0.25, 0.3) is 0 Å². The molecule has 1 fully saturated rings. The molecular formula is C18H32N8O2. The first-order valence-electron chi connectivity index (χ1n) is 9.96. The number of hydrogen-bond acceptors (Lipinski definition) is 6. The van der Waals surface area contributed by atoms with Crippen LogP contribution in [0.15, 0.2) is 4.99 Å². The number of carbonyl (C=O) groups is 1. The Kier molecular flexibility index (Phi) is 7.21. The maximum atomic E-state index is 11.9. The third-order valence-corrected chi connectivity index (χ3v) is 5.00. The number of likely N-dealkylation sites (N-methyl/N-ethyl adjacent to an activating group) is 1. The number of guanidine groups is 1. The van der Waals surface area contributed by atoms with E-state index in [0.29, 0.717) is 5.96 Å². The number of aromatic nitrogens is 3. The van der Waals surface area contributed by atoms with Crippen LogP contribution in [-0.2, 0) is 22.5 Å². The summed E-state index contributed by atoms with van der Waals surface area (Å²) >= 11 is 0. The van der Waals surface area contributed by atoms with Gasteiger partial charge in [0, 0.05) is 52.7 Å². The largest absolute Gasteiger partial charge is 0.379 e. The summed E-state index contributed by atoms with van der Waals surface area (Å²) in [6, 6.07) is 0.206. The lowest BCUT2D eigenvalue weighted by Gasteiger charge is -2.28. The van der Waals surface area contributed by atoms with Crippen molar-refractivity contribution in [2.24, 2.45) is 4.99 Å². The standard InChI is InChI=1S/C18H32N8O2/c1-14-21-16-5-4-15(13-26(16)23-14)22-18(20-12-17(27)24(2)3)19-6-7-25-8-10-28-11-9-25/h15H,4-13H2,1-3H3,(H2,19,20,22). The van der Waals surface area contributed by atoms with Gasteiger partial charge in [0.05, 0.1) is 19.8 Å². The number of nitrogens with zero attached hydrogens (tertiary/aromatic N) is 6. The molecule has 1 amide bonds. The van der Waals surface area contributed by atoms with Crippen molar-refractivity contribution in [3.63, 3.8) is 0 Å². The molecule has 3 rings (SSSR count). The van der Waals surface area contributed by atoms with Gasteiger partial charge in [-0.3, -0.25) is 9.69 Å². The van der Waals surface area contributed by atoms with Gasteiger partial charge >= 0.3 is 0 Å². The molecule has 0 aliphatic carbocycles. The number of rotatable bonds is 6. The second kappa shape index (κ2) is 9.83. The molecule has 0 bridgehead atoms. The Morgan fingerprint density at radius 1 is 1.36 bits per heavy atom. The van der Waals surface area contributed by atoms with Crippen LogP contribution >= 0.6 is 0 Å². The highest BCUT2D eigenvalue weighted by Gasteiger charge is 2.22. The molecule has 1 aromatic rings. The highest BCUT2D eigenvalue weighted by molar-refractivity contribution is 5.84. The van der Waals surface area contributed by atoms with E-state index in [1.54, 1.807) is 19.0 Å². The monoisotopic (exact) mass is 392 g/mol. The molecule has 2 N–H and O–H groups in total. The number of hydrogen-bond donors (Lipinski definition) is 2. The number of fused-ring (bicyclic) bond motifs is 1. The van der Waals surface area contributed by atoms with Crippen molar-refractivity contribution in [1.82, 2.24) is 35.2 Å². The normalized spacial score (nSPS) is 20.5. The van der Waals surface area contributed by atoms with Crippen LogP contribution in [0.4, 0.5) is 0 Å². The Balaban J connectivity index is 1.55. The first-order chi connectivity index (χ1) is 13.5. The van der Waals surface area contributed by atoms with Gasteiger partial charge in [0.15, 0.2) is 5.96 Å². The zero-order valence-electron chi connectivity index (χ0n) is 17.1. The summed E-state index contributed by atoms with van der Waals surface area (Å²) in [5.74, 6) is 2.50. The molecule has 0 spiro atoms. The summed E-state index contributed by atoms with van der Waals surface area (Å²) in [6.07, 6.45) is 1.85. The number of aryl methyl sites for hydroxylation is 2. The zero-order valence-corrected chi connectivity index (χ0v) is 17.1. The average Bonchev–Trinajstić information content (AvgIpc) is 3.05. The molecule has 10 nitrogen and oxygen atoms in total. The Labute approximate surface area is 166 Å². The fraction of sp³-hybridized carbons (Fsp3) is 0.778. The number of amides is 1. The first-order valence-corrected chi connectivity index (χ1v) is 9.96. The molecule has 0 aromatic carbocycles. The first kappa shape index (κ1) is 20.5. The van der Waals surface area contributed by atoms with Crippen molar-refractivity contribution in [2.75, 3.05) is 60.0 Å². The molecule has 1 saturated heterocycles. The van der Waals surface area contributed by atoms with E-state index >= 15 is 0 Å². The summed E-state index contributed by atoms with van der Waals surface area (Å²) < 4.78 is 7.36. The van der Waals surface area contributed by atoms with Crippen LogP contribution in [0.2, 0.25) is 0 Å². The van der Waals surface area contributed by atoms with Crippen molar-refractivity contribution in [3.8, 4) is 0 Å². The predicted octanol–water partition coefficient (Wildman–Crippen LogP) is -1.14. The number of ether oxygens (including phenoxy) is 1. The highest BCUT2D eigenvalue weighted by atomic mass is 16.5. The van der Waals surface area contributed by atoms with Crippen molar-refractivity contribution in [1.29, 1.82) is 0 Å². The predicted molar refractivity (Wildman–Crippen MR) is 106 cm³/mol. The Morgan fingerprint density at radius 3 is 2.89 bits per heavy atom. The van der Waals surface area contributed by atoms with Gasteiger partial charge in [-0.05, 0) is 13.3 Å². The molecular weight excluding hydrogens is 360 g/mol. The Hall–Kier alpha value is -2.20. The lowest BCUT2D eigenvalue weighted by atomic mass is 10.1. The average molecular weight is 393 g/mol. The minimum absolute atomic E-state index is 0.0212. The van der Waals surface area contributed by atoms with Crippen molar-refractivity contribution in [3.05, 3.63) is 11.6 Å². The van der Waals surface area contributed by atoms with Crippen LogP contribution < -0.4 is 10.6 Å². The van der Waals surface area contributed by atoms with Gasteiger partial charge in [-0.2, -0.15) is 5.10 Å². The zero-order chi connectivity index (χ0) is 19.9. The van der Waals surface area contributed by atoms with E-state index in [4.69, 9.17) is 4.74 Å². The summed E-state index contributed by atoms with van der Waals surface area (Å²) in [4.78, 5) is 24.8. The third-order valence-electron chi connectivity index (χ3n) is 5.00. The van der Waals surface area contributed by atoms with Crippen LogP contribution in [0.25, 0.3) is 0 Å². The Bertz CT molecular complexity index is 681. The second-order valence-electron chi connectivity index (χ2n) is 7.47. The molecule has 2 aliphatic rings. The number of nitrogens with one attached hydrogen (secondary N) is 2. The van der Waals surface area contributed by atoms with Gasteiger partial charge < -0.3 is 20.3 Å². The van der Waals surface area contributed by atoms with Crippen LogP contribution in [0.5, 0.6) is 0 Å². The van der Waals surface area contributed by atoms with Crippen molar-refractivity contribution >= 4 is 11.9 Å². The van der Waals surface area contributed by atoms with Crippen LogP contribution in [0, 0.1) is 6.92 Å². The van der Waals surface area contributed by atoms with E-state index < -0.39 is 0 Å². The van der Waals surface area contributed by atoms with E-state index in [1.165, 1.54) is 0 Å². The fourth-order valence-corrected chi connectivity index (χ4v) is 3.34. The maximum Gasteiger partial charge on any atom is 0.243 e. The number of carbonyl (C=O) groups excluding carboxylic acids is 1. The van der Waals surface area contributed by atoms with E-state index in [-0.39, 0.29) is 18.5 Å². The lowest BCUT2D eigenvalue weighted by Crippen LogP contribution is -2.49. The van der Waals surface area contributed by atoms with Crippen LogP contribution in [0.3, 0.4) is 0 Å². The smallest absolute Gasteiger partial charge is 0.243 e. The van der Waals surface area contributed by atoms with Gasteiger partial charge in [-0.1, -0.05) is 0 Å². The quantitative estimate of drug-likeness (QED) is 0.466. The van der Waals surface area contributed by atoms with Crippen LogP contribution in [-0.4, -0.2) is 103 Å². The minimum Gasteiger partial charge on any atom is -0.379 e. The van der Waals surface area contributed by atoms with E-state index in [0.717, 1.165) is 70.4 Å². The molecule has 1 aromatic heterocycles. The van der Waals surface area contributed by atoms with Gasteiger partial charge in [-0.15, -0.1) is 0 Å². The molecule has 156 valence electrons. The number of aliphatic imine (C=N–C) groups is 1. The molecule has 0 saturated carbocycles. The third kappa shape index (κ3) is 5.90. The van der Waals surface area contributed by atoms with E-state index in [1.807, 2.05) is 11.6 Å². The van der Waals surface area contributed by atoms with Gasteiger partial charge in [0.2, 0.25) is 5.91 Å².